The first kappa shape index (κ1) is 8.94. The van der Waals surface area contributed by atoms with Gasteiger partial charge in [0.2, 0.25) is 5.91 Å². The summed E-state index contributed by atoms with van der Waals surface area (Å²) in [5, 5.41) is 0. The molecule has 0 saturated heterocycles. The molecule has 72 valence electrons. The summed E-state index contributed by atoms with van der Waals surface area (Å²) in [7, 11) is 0. The molecule has 1 aromatic carbocycles. The van der Waals surface area contributed by atoms with Crippen molar-refractivity contribution in [2.75, 3.05) is 4.90 Å². The summed E-state index contributed by atoms with van der Waals surface area (Å²) in [6.45, 7) is 0. The molecule has 0 fully saturated rings. The summed E-state index contributed by atoms with van der Waals surface area (Å²) in [6.07, 6.45) is 4.69. The van der Waals surface area contributed by atoms with E-state index in [1.54, 1.807) is 24.4 Å². The van der Waals surface area contributed by atoms with E-state index in [0.29, 0.717) is 12.1 Å². The Bertz CT molecular complexity index is 387. The van der Waals surface area contributed by atoms with Crippen molar-refractivity contribution < 1.29 is 9.18 Å². The Balaban J connectivity index is 2.39. The Morgan fingerprint density at radius 1 is 1.29 bits per heavy atom. The van der Waals surface area contributed by atoms with Gasteiger partial charge in [-0.3, -0.25) is 9.69 Å². The third-order valence-electron chi connectivity index (χ3n) is 2.16. The summed E-state index contributed by atoms with van der Waals surface area (Å²) in [4.78, 5) is 12.8. The smallest absolute Gasteiger partial charge is 0.231 e. The van der Waals surface area contributed by atoms with Crippen molar-refractivity contribution in [3.05, 3.63) is 42.4 Å². The number of carbonyl (C=O) groups excluding carboxylic acids is 1. The highest BCUT2D eigenvalue weighted by molar-refractivity contribution is 5.96. The molecular formula is C11H10FNO. The fourth-order valence-corrected chi connectivity index (χ4v) is 1.45. The van der Waals surface area contributed by atoms with E-state index in [1.807, 2.05) is 6.08 Å². The lowest BCUT2D eigenvalue weighted by atomic mass is 10.2. The van der Waals surface area contributed by atoms with E-state index in [4.69, 9.17) is 0 Å². The van der Waals surface area contributed by atoms with Crippen molar-refractivity contribution in [2.45, 2.75) is 12.8 Å². The van der Waals surface area contributed by atoms with Gasteiger partial charge in [-0.15, -0.1) is 0 Å². The van der Waals surface area contributed by atoms with Crippen molar-refractivity contribution in [3.8, 4) is 0 Å². The van der Waals surface area contributed by atoms with Gasteiger partial charge in [0.1, 0.15) is 5.82 Å². The Morgan fingerprint density at radius 2 is 2.07 bits per heavy atom. The molecule has 1 amide bonds. The van der Waals surface area contributed by atoms with Crippen LogP contribution in [0.15, 0.2) is 36.5 Å². The van der Waals surface area contributed by atoms with Crippen molar-refractivity contribution in [3.63, 3.8) is 0 Å². The van der Waals surface area contributed by atoms with E-state index in [2.05, 4.69) is 0 Å². The molecule has 1 aliphatic heterocycles. The first-order valence-corrected chi connectivity index (χ1v) is 4.52. The van der Waals surface area contributed by atoms with Crippen LogP contribution in [0, 0.1) is 5.82 Å². The highest BCUT2D eigenvalue weighted by Gasteiger charge is 2.17. The highest BCUT2D eigenvalue weighted by atomic mass is 19.1. The molecule has 0 atom stereocenters. The molecule has 1 aliphatic rings. The number of hydrogen-bond acceptors (Lipinski definition) is 1. The first-order chi connectivity index (χ1) is 6.79. The van der Waals surface area contributed by atoms with Crippen molar-refractivity contribution in [1.29, 1.82) is 0 Å². The first-order valence-electron chi connectivity index (χ1n) is 4.52. The predicted molar refractivity (Wildman–Crippen MR) is 52.3 cm³/mol. The number of halogens is 1. The summed E-state index contributed by atoms with van der Waals surface area (Å²) >= 11 is 0. The minimum Gasteiger partial charge on any atom is -0.285 e. The molecule has 0 aliphatic carbocycles. The maximum Gasteiger partial charge on any atom is 0.231 e. The molecule has 2 nitrogen and oxygen atoms in total. The normalized spacial score (nSPS) is 16.1. The van der Waals surface area contributed by atoms with E-state index in [-0.39, 0.29) is 11.7 Å². The molecule has 1 aromatic rings. The Kier molecular flexibility index (Phi) is 2.31. The lowest BCUT2D eigenvalue weighted by Gasteiger charge is -2.21. The van der Waals surface area contributed by atoms with Gasteiger partial charge in [0, 0.05) is 12.6 Å². The maximum atomic E-state index is 13.3. The van der Waals surface area contributed by atoms with E-state index in [1.165, 1.54) is 11.0 Å². The Hall–Kier alpha value is -1.64. The number of nitrogens with zero attached hydrogens (tertiary/aromatic N) is 1. The molecule has 3 heteroatoms. The summed E-state index contributed by atoms with van der Waals surface area (Å²) in [6, 6.07) is 6.28. The molecule has 0 radical (unpaired) electrons. The van der Waals surface area contributed by atoms with Gasteiger partial charge in [-0.05, 0) is 18.6 Å². The molecule has 0 aromatic heterocycles. The van der Waals surface area contributed by atoms with Gasteiger partial charge in [-0.25, -0.2) is 4.39 Å². The highest BCUT2D eigenvalue weighted by Crippen LogP contribution is 2.22. The number of amides is 1. The Morgan fingerprint density at radius 3 is 2.79 bits per heavy atom. The largest absolute Gasteiger partial charge is 0.285 e. The van der Waals surface area contributed by atoms with Crippen LogP contribution in [-0.2, 0) is 4.79 Å². The van der Waals surface area contributed by atoms with Crippen LogP contribution in [0.2, 0.25) is 0 Å². The summed E-state index contributed by atoms with van der Waals surface area (Å²) in [5.74, 6) is -0.426. The number of benzene rings is 1. The number of anilines is 1. The van der Waals surface area contributed by atoms with E-state index < -0.39 is 0 Å². The lowest BCUT2D eigenvalue weighted by molar-refractivity contribution is -0.118. The van der Waals surface area contributed by atoms with Crippen LogP contribution in [0.1, 0.15) is 12.8 Å². The zero-order valence-electron chi connectivity index (χ0n) is 7.61. The average Bonchev–Trinajstić information content (AvgIpc) is 2.20. The molecule has 1 heterocycles. The number of hydrogen-bond donors (Lipinski definition) is 0. The zero-order valence-corrected chi connectivity index (χ0v) is 7.61. The molecule has 0 unspecified atom stereocenters. The molecule has 2 rings (SSSR count). The fourth-order valence-electron chi connectivity index (χ4n) is 1.45. The maximum absolute atomic E-state index is 13.3. The standard InChI is InChI=1S/C11H10FNO/c12-9-5-1-2-6-10(9)13-8-4-3-7-11(13)14/h1-2,4-6,8H,3,7H2. The van der Waals surface area contributed by atoms with Crippen LogP contribution >= 0.6 is 0 Å². The minimum atomic E-state index is -0.368. The van der Waals surface area contributed by atoms with Crippen LogP contribution in [-0.4, -0.2) is 5.91 Å². The van der Waals surface area contributed by atoms with Crippen molar-refractivity contribution in [1.82, 2.24) is 0 Å². The molecule has 0 spiro atoms. The van der Waals surface area contributed by atoms with Gasteiger partial charge in [0.25, 0.3) is 0 Å². The number of allylic oxidation sites excluding steroid dienone is 1. The topological polar surface area (TPSA) is 20.3 Å². The number of rotatable bonds is 1. The second-order valence-electron chi connectivity index (χ2n) is 3.14. The summed E-state index contributed by atoms with van der Waals surface area (Å²) in [5.41, 5.74) is 0.327. The molecule has 14 heavy (non-hydrogen) atoms. The second-order valence-corrected chi connectivity index (χ2v) is 3.14. The molecule has 0 N–H and O–H groups in total. The number of para-hydroxylation sites is 1. The van der Waals surface area contributed by atoms with Crippen LogP contribution in [0.25, 0.3) is 0 Å². The summed E-state index contributed by atoms with van der Waals surface area (Å²) < 4.78 is 13.3. The van der Waals surface area contributed by atoms with Crippen LogP contribution < -0.4 is 4.90 Å². The molecular weight excluding hydrogens is 181 g/mol. The van der Waals surface area contributed by atoms with Gasteiger partial charge >= 0.3 is 0 Å². The van der Waals surface area contributed by atoms with Crippen LogP contribution in [0.5, 0.6) is 0 Å². The second kappa shape index (κ2) is 3.62. The van der Waals surface area contributed by atoms with E-state index in [0.717, 1.165) is 6.42 Å². The quantitative estimate of drug-likeness (QED) is 0.667. The fraction of sp³-hybridized carbons (Fsp3) is 0.182. The Labute approximate surface area is 81.6 Å². The van der Waals surface area contributed by atoms with Gasteiger partial charge in [0.05, 0.1) is 5.69 Å². The molecule has 0 saturated carbocycles. The zero-order chi connectivity index (χ0) is 9.97. The SMILES string of the molecule is O=C1CCC=CN1c1ccccc1F. The van der Waals surface area contributed by atoms with Crippen molar-refractivity contribution in [2.24, 2.45) is 0 Å². The van der Waals surface area contributed by atoms with E-state index >= 15 is 0 Å². The monoisotopic (exact) mass is 191 g/mol. The predicted octanol–water partition coefficient (Wildman–Crippen LogP) is 2.47. The molecule has 0 bridgehead atoms. The van der Waals surface area contributed by atoms with Gasteiger partial charge in [-0.2, -0.15) is 0 Å². The minimum absolute atomic E-state index is 0.0578. The van der Waals surface area contributed by atoms with Gasteiger partial charge < -0.3 is 0 Å². The van der Waals surface area contributed by atoms with Gasteiger partial charge in [0.15, 0.2) is 0 Å². The third-order valence-corrected chi connectivity index (χ3v) is 2.16. The van der Waals surface area contributed by atoms with E-state index in [9.17, 15) is 9.18 Å². The lowest BCUT2D eigenvalue weighted by Crippen LogP contribution is -2.27. The number of carbonyl (C=O) groups is 1. The third kappa shape index (κ3) is 1.53. The average molecular weight is 191 g/mol. The van der Waals surface area contributed by atoms with Gasteiger partial charge in [-0.1, -0.05) is 18.2 Å². The van der Waals surface area contributed by atoms with Crippen LogP contribution in [0.4, 0.5) is 10.1 Å². The van der Waals surface area contributed by atoms with Crippen LogP contribution in [0.3, 0.4) is 0 Å². The van der Waals surface area contributed by atoms with Crippen molar-refractivity contribution >= 4 is 11.6 Å².